The Morgan fingerprint density at radius 2 is 1.86 bits per heavy atom. The van der Waals surface area contributed by atoms with Gasteiger partial charge in [0.25, 0.3) is 0 Å². The Morgan fingerprint density at radius 3 is 2.48 bits per heavy atom. The summed E-state index contributed by atoms with van der Waals surface area (Å²) >= 11 is 0. The van der Waals surface area contributed by atoms with E-state index < -0.39 is 0 Å². The minimum atomic E-state index is 0.257. The second kappa shape index (κ2) is 9.06. The van der Waals surface area contributed by atoms with E-state index in [1.54, 1.807) is 0 Å². The van der Waals surface area contributed by atoms with E-state index in [1.165, 1.54) is 37.7 Å². The fraction of sp³-hybridized carbons (Fsp3) is 0.667. The van der Waals surface area contributed by atoms with Crippen LogP contribution >= 0.6 is 0 Å². The van der Waals surface area contributed by atoms with Gasteiger partial charge in [0, 0.05) is 0 Å². The van der Waals surface area contributed by atoms with E-state index in [4.69, 9.17) is 9.47 Å². The zero-order valence-corrected chi connectivity index (χ0v) is 13.4. The molecular weight excluding hydrogens is 262 g/mol. The van der Waals surface area contributed by atoms with Gasteiger partial charge in [0.05, 0.1) is 25.4 Å². The minimum absolute atomic E-state index is 0.257. The molecule has 1 aromatic carbocycles. The van der Waals surface area contributed by atoms with E-state index in [9.17, 15) is 0 Å². The van der Waals surface area contributed by atoms with Crippen LogP contribution in [-0.2, 0) is 4.74 Å². The van der Waals surface area contributed by atoms with Crippen molar-refractivity contribution in [2.24, 2.45) is 0 Å². The van der Waals surface area contributed by atoms with Gasteiger partial charge >= 0.3 is 0 Å². The maximum Gasteiger partial charge on any atom is 0.119 e. The highest BCUT2D eigenvalue weighted by molar-refractivity contribution is 5.29. The third-order valence-corrected chi connectivity index (χ3v) is 4.15. The van der Waals surface area contributed by atoms with E-state index in [-0.39, 0.29) is 6.04 Å². The topological polar surface area (TPSA) is 30.5 Å². The Labute approximate surface area is 129 Å². The van der Waals surface area contributed by atoms with Gasteiger partial charge in [-0.15, -0.1) is 0 Å². The smallest absolute Gasteiger partial charge is 0.119 e. The van der Waals surface area contributed by atoms with Crippen LogP contribution < -0.4 is 10.1 Å². The first-order valence-corrected chi connectivity index (χ1v) is 8.35. The van der Waals surface area contributed by atoms with E-state index in [0.29, 0.717) is 6.10 Å². The molecule has 2 rings (SSSR count). The zero-order chi connectivity index (χ0) is 14.9. The molecule has 1 atom stereocenters. The fourth-order valence-electron chi connectivity index (χ4n) is 2.83. The molecule has 0 aromatic heterocycles. The molecular formula is C18H29NO2. The van der Waals surface area contributed by atoms with Crippen molar-refractivity contribution in [3.63, 3.8) is 0 Å². The predicted octanol–water partition coefficient (Wildman–Crippen LogP) is 4.09. The Kier molecular flexibility index (Phi) is 7.04. The normalized spacial score (nSPS) is 17.6. The van der Waals surface area contributed by atoms with Gasteiger partial charge in [-0.1, -0.05) is 38.3 Å². The molecule has 0 radical (unpaired) electrons. The van der Waals surface area contributed by atoms with Crippen LogP contribution in [0.3, 0.4) is 0 Å². The number of nitrogens with one attached hydrogen (secondary N) is 1. The summed E-state index contributed by atoms with van der Waals surface area (Å²) in [4.78, 5) is 0. The number of hydrogen-bond acceptors (Lipinski definition) is 3. The van der Waals surface area contributed by atoms with Crippen molar-refractivity contribution < 1.29 is 9.47 Å². The summed E-state index contributed by atoms with van der Waals surface area (Å²) in [6.07, 6.45) is 7.95. The molecule has 3 nitrogen and oxygen atoms in total. The molecule has 3 heteroatoms. The summed E-state index contributed by atoms with van der Waals surface area (Å²) in [6, 6.07) is 8.63. The number of benzene rings is 1. The average molecular weight is 291 g/mol. The predicted molar refractivity (Wildman–Crippen MR) is 86.9 cm³/mol. The lowest BCUT2D eigenvalue weighted by atomic mass is 9.97. The van der Waals surface area contributed by atoms with Crippen LogP contribution in [-0.4, -0.2) is 26.4 Å². The molecule has 0 amide bonds. The van der Waals surface area contributed by atoms with Gasteiger partial charge in [0.1, 0.15) is 5.75 Å². The van der Waals surface area contributed by atoms with Gasteiger partial charge in [-0.2, -0.15) is 0 Å². The van der Waals surface area contributed by atoms with Crippen molar-refractivity contribution in [1.29, 1.82) is 0 Å². The lowest BCUT2D eigenvalue weighted by Crippen LogP contribution is -2.26. The first-order chi connectivity index (χ1) is 10.3. The molecule has 1 unspecified atom stereocenters. The lowest BCUT2D eigenvalue weighted by Gasteiger charge is -2.25. The van der Waals surface area contributed by atoms with Crippen molar-refractivity contribution in [3.05, 3.63) is 29.8 Å². The molecule has 1 aromatic rings. The van der Waals surface area contributed by atoms with E-state index >= 15 is 0 Å². The Hall–Kier alpha value is -1.06. The largest absolute Gasteiger partial charge is 0.494 e. The summed E-state index contributed by atoms with van der Waals surface area (Å²) in [7, 11) is 2.00. The molecule has 1 aliphatic carbocycles. The summed E-state index contributed by atoms with van der Waals surface area (Å²) in [5, 5.41) is 3.35. The monoisotopic (exact) mass is 291 g/mol. The Bertz CT molecular complexity index is 385. The first kappa shape index (κ1) is 16.3. The molecule has 0 bridgehead atoms. The first-order valence-electron chi connectivity index (χ1n) is 8.35. The summed E-state index contributed by atoms with van der Waals surface area (Å²) < 4.78 is 11.7. The van der Waals surface area contributed by atoms with Crippen LogP contribution in [0.1, 0.15) is 57.1 Å². The quantitative estimate of drug-likeness (QED) is 0.782. The van der Waals surface area contributed by atoms with E-state index in [1.807, 2.05) is 7.05 Å². The SMILES string of the molecule is CCCOc1ccc(C(COC2CCCCC2)NC)cc1. The van der Waals surface area contributed by atoms with Gasteiger partial charge in [0.15, 0.2) is 0 Å². The van der Waals surface area contributed by atoms with Crippen molar-refractivity contribution in [3.8, 4) is 5.75 Å². The lowest BCUT2D eigenvalue weighted by molar-refractivity contribution is 0.0165. The van der Waals surface area contributed by atoms with Gasteiger partial charge in [-0.05, 0) is 44.0 Å². The Balaban J connectivity index is 1.84. The molecule has 1 aliphatic rings. The highest BCUT2D eigenvalue weighted by Crippen LogP contribution is 2.23. The number of likely N-dealkylation sites (N-methyl/N-ethyl adjacent to an activating group) is 1. The number of ether oxygens (including phenoxy) is 2. The van der Waals surface area contributed by atoms with Gasteiger partial charge in [0.2, 0.25) is 0 Å². The standard InChI is InChI=1S/C18H29NO2/c1-3-13-20-17-11-9-15(10-12-17)18(19-2)14-21-16-7-5-4-6-8-16/h9-12,16,18-19H,3-8,13-14H2,1-2H3. The summed E-state index contributed by atoms with van der Waals surface area (Å²) in [5.74, 6) is 0.948. The van der Waals surface area contributed by atoms with Crippen LogP contribution in [0, 0.1) is 0 Å². The molecule has 21 heavy (non-hydrogen) atoms. The number of hydrogen-bond donors (Lipinski definition) is 1. The summed E-state index contributed by atoms with van der Waals surface area (Å²) in [5.41, 5.74) is 1.26. The average Bonchev–Trinajstić information content (AvgIpc) is 2.55. The van der Waals surface area contributed by atoms with E-state index in [0.717, 1.165) is 25.4 Å². The van der Waals surface area contributed by atoms with Crippen molar-refractivity contribution >= 4 is 0 Å². The third-order valence-electron chi connectivity index (χ3n) is 4.15. The molecule has 1 N–H and O–H groups in total. The molecule has 0 saturated heterocycles. The van der Waals surface area contributed by atoms with Crippen LogP contribution in [0.25, 0.3) is 0 Å². The van der Waals surface area contributed by atoms with Gasteiger partial charge < -0.3 is 14.8 Å². The maximum absolute atomic E-state index is 6.09. The third kappa shape index (κ3) is 5.33. The Morgan fingerprint density at radius 1 is 1.14 bits per heavy atom. The molecule has 1 saturated carbocycles. The molecule has 0 heterocycles. The molecule has 118 valence electrons. The molecule has 1 fully saturated rings. The second-order valence-corrected chi connectivity index (χ2v) is 5.85. The summed E-state index contributed by atoms with van der Waals surface area (Å²) in [6.45, 7) is 3.64. The fourth-order valence-corrected chi connectivity index (χ4v) is 2.83. The van der Waals surface area contributed by atoms with Crippen LogP contribution in [0.4, 0.5) is 0 Å². The second-order valence-electron chi connectivity index (χ2n) is 5.85. The van der Waals surface area contributed by atoms with Crippen LogP contribution in [0.2, 0.25) is 0 Å². The van der Waals surface area contributed by atoms with Crippen molar-refractivity contribution in [2.45, 2.75) is 57.6 Å². The van der Waals surface area contributed by atoms with Crippen LogP contribution in [0.5, 0.6) is 5.75 Å². The molecule has 0 spiro atoms. The van der Waals surface area contributed by atoms with Gasteiger partial charge in [-0.25, -0.2) is 0 Å². The van der Waals surface area contributed by atoms with Gasteiger partial charge in [-0.3, -0.25) is 0 Å². The highest BCUT2D eigenvalue weighted by atomic mass is 16.5. The highest BCUT2D eigenvalue weighted by Gasteiger charge is 2.16. The maximum atomic E-state index is 6.09. The number of rotatable bonds is 8. The zero-order valence-electron chi connectivity index (χ0n) is 13.4. The van der Waals surface area contributed by atoms with Crippen molar-refractivity contribution in [1.82, 2.24) is 5.32 Å². The van der Waals surface area contributed by atoms with Crippen LogP contribution in [0.15, 0.2) is 24.3 Å². The van der Waals surface area contributed by atoms with E-state index in [2.05, 4.69) is 36.5 Å². The molecule has 0 aliphatic heterocycles. The minimum Gasteiger partial charge on any atom is -0.494 e. The van der Waals surface area contributed by atoms with Crippen molar-refractivity contribution in [2.75, 3.05) is 20.3 Å².